The first-order valence-electron chi connectivity index (χ1n) is 8.75. The molecule has 0 radical (unpaired) electrons. The molecule has 0 aliphatic heterocycles. The largest absolute Gasteiger partial charge is 0.384 e. The van der Waals surface area contributed by atoms with Gasteiger partial charge in [-0.3, -0.25) is 9.59 Å². The number of hydrogen-bond acceptors (Lipinski definition) is 4. The van der Waals surface area contributed by atoms with Gasteiger partial charge >= 0.3 is 0 Å². The number of nitrogens with one attached hydrogen (secondary N) is 2. The predicted molar refractivity (Wildman–Crippen MR) is 110 cm³/mol. The van der Waals surface area contributed by atoms with Crippen molar-refractivity contribution in [2.75, 3.05) is 18.5 Å². The fourth-order valence-corrected chi connectivity index (χ4v) is 2.59. The second-order valence-electron chi connectivity index (χ2n) is 6.09. The minimum absolute atomic E-state index is 0.0442. The van der Waals surface area contributed by atoms with E-state index in [0.29, 0.717) is 17.3 Å². The molecule has 4 N–H and O–H groups in total. The Bertz CT molecular complexity index is 855. The summed E-state index contributed by atoms with van der Waals surface area (Å²) in [6.07, 6.45) is 0.548. The fourth-order valence-electron chi connectivity index (χ4n) is 2.41. The van der Waals surface area contributed by atoms with Crippen LogP contribution in [0.25, 0.3) is 0 Å². The van der Waals surface area contributed by atoms with Gasteiger partial charge in [0.2, 0.25) is 5.91 Å². The summed E-state index contributed by atoms with van der Waals surface area (Å²) in [5.41, 5.74) is 8.48. The standard InChI is InChI=1S/C20H23ClN4O3/c1-14-6-2-3-7-15(14)10-11-23-20(27)13-28-25-18(22)12-19(26)24-17-9-5-4-8-16(17)21/h2-9H,10-13H2,1H3,(H2,22,25)(H,23,27)(H,24,26). The Balaban J connectivity index is 1.67. The molecule has 2 aromatic rings. The molecule has 0 unspecified atom stereocenters. The van der Waals surface area contributed by atoms with Gasteiger partial charge in [-0.1, -0.05) is 53.2 Å². The summed E-state index contributed by atoms with van der Waals surface area (Å²) in [6.45, 7) is 2.24. The molecular weight excluding hydrogens is 380 g/mol. The number of nitrogens with two attached hydrogens (primary N) is 1. The van der Waals surface area contributed by atoms with Crippen molar-refractivity contribution in [1.82, 2.24) is 5.32 Å². The normalized spacial score (nSPS) is 11.0. The topological polar surface area (TPSA) is 106 Å². The van der Waals surface area contributed by atoms with E-state index in [2.05, 4.69) is 15.8 Å². The van der Waals surface area contributed by atoms with E-state index in [1.807, 2.05) is 31.2 Å². The number of amidine groups is 1. The molecule has 0 atom stereocenters. The average molecular weight is 403 g/mol. The Labute approximate surface area is 168 Å². The number of rotatable bonds is 9. The van der Waals surface area contributed by atoms with Crippen molar-refractivity contribution in [3.8, 4) is 0 Å². The van der Waals surface area contributed by atoms with Crippen LogP contribution in [0.2, 0.25) is 5.02 Å². The van der Waals surface area contributed by atoms with Crippen molar-refractivity contribution >= 4 is 34.9 Å². The molecule has 0 aromatic heterocycles. The molecule has 0 fully saturated rings. The number of amides is 2. The Morgan fingerprint density at radius 1 is 1.11 bits per heavy atom. The van der Waals surface area contributed by atoms with Gasteiger partial charge in [-0.15, -0.1) is 0 Å². The molecule has 0 saturated carbocycles. The second-order valence-corrected chi connectivity index (χ2v) is 6.49. The SMILES string of the molecule is Cc1ccccc1CCNC(=O)CO/N=C(/N)CC(=O)Nc1ccccc1Cl. The Morgan fingerprint density at radius 2 is 1.82 bits per heavy atom. The molecule has 8 heteroatoms. The molecule has 0 spiro atoms. The lowest BCUT2D eigenvalue weighted by molar-refractivity contribution is -0.125. The first-order chi connectivity index (χ1) is 13.5. The van der Waals surface area contributed by atoms with Gasteiger partial charge in [-0.2, -0.15) is 0 Å². The number of nitrogens with zero attached hydrogens (tertiary/aromatic N) is 1. The zero-order valence-electron chi connectivity index (χ0n) is 15.6. The van der Waals surface area contributed by atoms with Crippen molar-refractivity contribution in [1.29, 1.82) is 0 Å². The van der Waals surface area contributed by atoms with Crippen LogP contribution >= 0.6 is 11.6 Å². The van der Waals surface area contributed by atoms with Crippen LogP contribution in [-0.4, -0.2) is 30.8 Å². The lowest BCUT2D eigenvalue weighted by atomic mass is 10.1. The molecular formula is C20H23ClN4O3. The molecule has 0 aliphatic carbocycles. The summed E-state index contributed by atoms with van der Waals surface area (Å²) < 4.78 is 0. The van der Waals surface area contributed by atoms with Crippen LogP contribution in [0, 0.1) is 6.92 Å². The van der Waals surface area contributed by atoms with Gasteiger partial charge in [0.25, 0.3) is 5.91 Å². The van der Waals surface area contributed by atoms with Gasteiger partial charge in [0.15, 0.2) is 6.61 Å². The summed E-state index contributed by atoms with van der Waals surface area (Å²) in [5, 5.41) is 9.38. The molecule has 2 amide bonds. The fraction of sp³-hybridized carbons (Fsp3) is 0.250. The van der Waals surface area contributed by atoms with Crippen molar-refractivity contribution in [3.63, 3.8) is 0 Å². The van der Waals surface area contributed by atoms with Gasteiger partial charge in [0.1, 0.15) is 5.84 Å². The van der Waals surface area contributed by atoms with Crippen LogP contribution in [0.4, 0.5) is 5.69 Å². The highest BCUT2D eigenvalue weighted by Gasteiger charge is 2.08. The summed E-state index contributed by atoms with van der Waals surface area (Å²) >= 11 is 5.97. The smallest absolute Gasteiger partial charge is 0.260 e. The van der Waals surface area contributed by atoms with E-state index < -0.39 is 0 Å². The van der Waals surface area contributed by atoms with Gasteiger partial charge in [-0.05, 0) is 36.6 Å². The highest BCUT2D eigenvalue weighted by molar-refractivity contribution is 6.33. The third-order valence-electron chi connectivity index (χ3n) is 3.84. The van der Waals surface area contributed by atoms with Gasteiger partial charge in [-0.25, -0.2) is 0 Å². The zero-order chi connectivity index (χ0) is 20.4. The monoisotopic (exact) mass is 402 g/mol. The molecule has 0 aliphatic rings. The van der Waals surface area contributed by atoms with Crippen LogP contribution in [0.15, 0.2) is 53.7 Å². The van der Waals surface area contributed by atoms with Crippen LogP contribution in [0.5, 0.6) is 0 Å². The molecule has 0 saturated heterocycles. The van der Waals surface area contributed by atoms with Crippen LogP contribution < -0.4 is 16.4 Å². The highest BCUT2D eigenvalue weighted by atomic mass is 35.5. The van der Waals surface area contributed by atoms with E-state index >= 15 is 0 Å². The number of para-hydroxylation sites is 1. The van der Waals surface area contributed by atoms with Crippen molar-refractivity contribution in [2.45, 2.75) is 19.8 Å². The van der Waals surface area contributed by atoms with E-state index in [0.717, 1.165) is 6.42 Å². The summed E-state index contributed by atoms with van der Waals surface area (Å²) in [6, 6.07) is 14.8. The summed E-state index contributed by atoms with van der Waals surface area (Å²) in [4.78, 5) is 28.6. The maximum atomic E-state index is 11.9. The molecule has 28 heavy (non-hydrogen) atoms. The first-order valence-corrected chi connectivity index (χ1v) is 9.13. The van der Waals surface area contributed by atoms with Crippen molar-refractivity contribution < 1.29 is 14.4 Å². The van der Waals surface area contributed by atoms with E-state index in [1.54, 1.807) is 24.3 Å². The van der Waals surface area contributed by atoms with Crippen molar-refractivity contribution in [2.24, 2.45) is 10.9 Å². The van der Waals surface area contributed by atoms with E-state index in [1.165, 1.54) is 11.1 Å². The maximum Gasteiger partial charge on any atom is 0.260 e. The number of oxime groups is 1. The number of carbonyl (C=O) groups is 2. The zero-order valence-corrected chi connectivity index (χ0v) is 16.3. The number of benzene rings is 2. The summed E-state index contributed by atoms with van der Waals surface area (Å²) in [5.74, 6) is -0.747. The van der Waals surface area contributed by atoms with Gasteiger partial charge < -0.3 is 21.2 Å². The predicted octanol–water partition coefficient (Wildman–Crippen LogP) is 2.62. The van der Waals surface area contributed by atoms with E-state index in [9.17, 15) is 9.59 Å². The lowest BCUT2D eigenvalue weighted by Crippen LogP contribution is -2.29. The first kappa shape index (κ1) is 21.2. The molecule has 7 nitrogen and oxygen atoms in total. The number of anilines is 1. The molecule has 148 valence electrons. The molecule has 2 aromatic carbocycles. The average Bonchev–Trinajstić information content (AvgIpc) is 2.65. The minimum Gasteiger partial charge on any atom is -0.384 e. The minimum atomic E-state index is -0.388. The third kappa shape index (κ3) is 7.28. The van der Waals surface area contributed by atoms with Gasteiger partial charge in [0, 0.05) is 6.54 Å². The second kappa shape index (κ2) is 10.9. The van der Waals surface area contributed by atoms with Crippen molar-refractivity contribution in [3.05, 3.63) is 64.7 Å². The molecule has 0 heterocycles. The van der Waals surface area contributed by atoms with E-state index in [4.69, 9.17) is 22.2 Å². The number of carbonyl (C=O) groups excluding carboxylic acids is 2. The van der Waals surface area contributed by atoms with Crippen LogP contribution in [0.1, 0.15) is 17.5 Å². The number of halogens is 1. The molecule has 0 bridgehead atoms. The Hall–Kier alpha value is -3.06. The number of hydrogen-bond donors (Lipinski definition) is 3. The number of aryl methyl sites for hydroxylation is 1. The maximum absolute atomic E-state index is 11.9. The van der Waals surface area contributed by atoms with Gasteiger partial charge in [0.05, 0.1) is 17.1 Å². The Morgan fingerprint density at radius 3 is 2.57 bits per heavy atom. The summed E-state index contributed by atoms with van der Waals surface area (Å²) in [7, 11) is 0. The van der Waals surface area contributed by atoms with Crippen LogP contribution in [-0.2, 0) is 20.8 Å². The quantitative estimate of drug-likeness (QED) is 0.340. The highest BCUT2D eigenvalue weighted by Crippen LogP contribution is 2.20. The lowest BCUT2D eigenvalue weighted by Gasteiger charge is -2.08. The van der Waals surface area contributed by atoms with Crippen LogP contribution in [0.3, 0.4) is 0 Å². The Kier molecular flexibility index (Phi) is 8.30. The van der Waals surface area contributed by atoms with E-state index in [-0.39, 0.29) is 30.7 Å². The third-order valence-corrected chi connectivity index (χ3v) is 4.17. The molecule has 2 rings (SSSR count).